The van der Waals surface area contributed by atoms with Gasteiger partial charge in [0.05, 0.1) is 5.56 Å². The minimum Gasteiger partial charge on any atom is -0.439 e. The lowest BCUT2D eigenvalue weighted by Gasteiger charge is -2.35. The van der Waals surface area contributed by atoms with E-state index in [1.807, 2.05) is 18.2 Å². The van der Waals surface area contributed by atoms with Gasteiger partial charge < -0.3 is 14.5 Å². The fraction of sp³-hybridized carbons (Fsp3) is 0.316. The van der Waals surface area contributed by atoms with Crippen LogP contribution in [0.3, 0.4) is 0 Å². The predicted octanol–water partition coefficient (Wildman–Crippen LogP) is 3.11. The maximum Gasteiger partial charge on any atom is 0.397 e. The molecule has 9 heteroatoms. The van der Waals surface area contributed by atoms with Gasteiger partial charge >= 0.3 is 6.18 Å². The van der Waals surface area contributed by atoms with Crippen LogP contribution in [0, 0.1) is 0 Å². The topological polar surface area (TPSA) is 62.7 Å². The second-order valence-electron chi connectivity index (χ2n) is 6.27. The Morgan fingerprint density at radius 2 is 1.61 bits per heavy atom. The normalized spacial score (nSPS) is 14.7. The zero-order chi connectivity index (χ0) is 20.1. The van der Waals surface area contributed by atoms with E-state index in [-0.39, 0.29) is 32.1 Å². The first-order valence-electron chi connectivity index (χ1n) is 8.64. The van der Waals surface area contributed by atoms with Crippen LogP contribution in [0.15, 0.2) is 48.7 Å². The molecule has 0 atom stereocenters. The van der Waals surface area contributed by atoms with Gasteiger partial charge in [-0.3, -0.25) is 9.59 Å². The lowest BCUT2D eigenvalue weighted by Crippen LogP contribution is -2.51. The first-order chi connectivity index (χ1) is 13.3. The number of pyridine rings is 1. The van der Waals surface area contributed by atoms with Crippen LogP contribution >= 0.6 is 0 Å². The molecule has 1 aromatic heterocycles. The summed E-state index contributed by atoms with van der Waals surface area (Å²) < 4.78 is 42.6. The number of aromatic nitrogens is 1. The molecule has 2 aromatic rings. The highest BCUT2D eigenvalue weighted by molar-refractivity contribution is 5.94. The third-order valence-corrected chi connectivity index (χ3v) is 4.22. The molecular formula is C19H18F3N3O3. The molecule has 6 nitrogen and oxygen atoms in total. The van der Waals surface area contributed by atoms with E-state index in [2.05, 4.69) is 4.98 Å². The summed E-state index contributed by atoms with van der Waals surface area (Å²) in [5, 5.41) is 0. The fourth-order valence-corrected chi connectivity index (χ4v) is 2.80. The van der Waals surface area contributed by atoms with Gasteiger partial charge in [0, 0.05) is 38.4 Å². The number of rotatable bonds is 4. The van der Waals surface area contributed by atoms with Crippen LogP contribution in [0.1, 0.15) is 16.8 Å². The Kier molecular flexibility index (Phi) is 5.81. The van der Waals surface area contributed by atoms with Crippen LogP contribution in [0.5, 0.6) is 11.6 Å². The summed E-state index contributed by atoms with van der Waals surface area (Å²) in [4.78, 5) is 30.9. The lowest BCUT2D eigenvalue weighted by atomic mass is 10.2. The van der Waals surface area contributed by atoms with Gasteiger partial charge in [-0.1, -0.05) is 18.2 Å². The number of carbonyl (C=O) groups is 2. The minimum absolute atomic E-state index is 0.0727. The van der Waals surface area contributed by atoms with Crippen molar-refractivity contribution in [2.45, 2.75) is 12.6 Å². The largest absolute Gasteiger partial charge is 0.439 e. The van der Waals surface area contributed by atoms with E-state index in [1.165, 1.54) is 11.1 Å². The van der Waals surface area contributed by atoms with Crippen molar-refractivity contribution in [1.29, 1.82) is 0 Å². The van der Waals surface area contributed by atoms with Crippen LogP contribution < -0.4 is 4.74 Å². The summed E-state index contributed by atoms with van der Waals surface area (Å²) in [6.45, 7) is 0.488. The third-order valence-electron chi connectivity index (χ3n) is 4.22. The molecule has 2 heterocycles. The minimum atomic E-state index is -4.53. The van der Waals surface area contributed by atoms with Crippen molar-refractivity contribution in [3.8, 4) is 11.6 Å². The van der Waals surface area contributed by atoms with E-state index in [0.717, 1.165) is 4.90 Å². The predicted molar refractivity (Wildman–Crippen MR) is 93.9 cm³/mol. The van der Waals surface area contributed by atoms with E-state index < -0.39 is 18.5 Å². The molecule has 1 saturated heterocycles. The van der Waals surface area contributed by atoms with Gasteiger partial charge in [0.1, 0.15) is 12.2 Å². The highest BCUT2D eigenvalue weighted by Gasteiger charge is 2.35. The Morgan fingerprint density at radius 3 is 2.18 bits per heavy atom. The number of hydrogen-bond acceptors (Lipinski definition) is 4. The van der Waals surface area contributed by atoms with Crippen molar-refractivity contribution >= 4 is 11.8 Å². The number of nitrogens with zero attached hydrogens (tertiary/aromatic N) is 3. The van der Waals surface area contributed by atoms with Crippen LogP contribution in [0.4, 0.5) is 13.2 Å². The van der Waals surface area contributed by atoms with Gasteiger partial charge in [0.15, 0.2) is 0 Å². The molecule has 28 heavy (non-hydrogen) atoms. The van der Waals surface area contributed by atoms with Crippen molar-refractivity contribution < 1.29 is 27.5 Å². The van der Waals surface area contributed by atoms with E-state index in [1.54, 1.807) is 24.3 Å². The first-order valence-corrected chi connectivity index (χ1v) is 8.64. The molecule has 1 fully saturated rings. The molecule has 1 aliphatic heterocycles. The molecule has 2 amide bonds. The number of halogens is 3. The summed E-state index contributed by atoms with van der Waals surface area (Å²) in [5.74, 6) is -0.301. The number of benzene rings is 1. The quantitative estimate of drug-likeness (QED) is 0.801. The molecule has 0 bridgehead atoms. The molecule has 1 aliphatic rings. The van der Waals surface area contributed by atoms with Crippen molar-refractivity contribution in [3.63, 3.8) is 0 Å². The highest BCUT2D eigenvalue weighted by atomic mass is 19.4. The average molecular weight is 393 g/mol. The second-order valence-corrected chi connectivity index (χ2v) is 6.27. The van der Waals surface area contributed by atoms with Gasteiger partial charge in [-0.05, 0) is 18.2 Å². The molecule has 0 spiro atoms. The summed E-state index contributed by atoms with van der Waals surface area (Å²) in [6, 6.07) is 12.2. The molecule has 0 saturated carbocycles. The van der Waals surface area contributed by atoms with Crippen molar-refractivity contribution in [2.24, 2.45) is 0 Å². The SMILES string of the molecule is O=C(CC(F)(F)F)N1CCN(C(=O)c2ccc(Oc3ccccc3)nc2)CC1. The van der Waals surface area contributed by atoms with Crippen LogP contribution in [0.25, 0.3) is 0 Å². The van der Waals surface area contributed by atoms with Gasteiger partial charge in [-0.15, -0.1) is 0 Å². The van der Waals surface area contributed by atoms with Crippen LogP contribution in [0.2, 0.25) is 0 Å². The Balaban J connectivity index is 1.54. The Bertz CT molecular complexity index is 818. The Hall–Kier alpha value is -3.10. The fourth-order valence-electron chi connectivity index (χ4n) is 2.80. The Morgan fingerprint density at radius 1 is 0.964 bits per heavy atom. The number of amides is 2. The lowest BCUT2D eigenvalue weighted by molar-refractivity contribution is -0.162. The highest BCUT2D eigenvalue weighted by Crippen LogP contribution is 2.22. The number of alkyl halides is 3. The van der Waals surface area contributed by atoms with Gasteiger partial charge in [0.2, 0.25) is 11.8 Å². The summed E-state index contributed by atoms with van der Waals surface area (Å²) >= 11 is 0. The summed E-state index contributed by atoms with van der Waals surface area (Å²) in [7, 11) is 0. The third kappa shape index (κ3) is 5.21. The molecule has 1 aromatic carbocycles. The van der Waals surface area contributed by atoms with Crippen LogP contribution in [-0.2, 0) is 4.79 Å². The van der Waals surface area contributed by atoms with Crippen molar-refractivity contribution in [3.05, 3.63) is 54.2 Å². The molecule has 0 unspecified atom stereocenters. The summed E-state index contributed by atoms with van der Waals surface area (Å²) in [6.07, 6.45) is -4.62. The monoisotopic (exact) mass is 393 g/mol. The van der Waals surface area contributed by atoms with Gasteiger partial charge in [-0.25, -0.2) is 4.98 Å². The number of carbonyl (C=O) groups excluding carboxylic acids is 2. The zero-order valence-corrected chi connectivity index (χ0v) is 14.9. The zero-order valence-electron chi connectivity index (χ0n) is 14.9. The Labute approximate surface area is 159 Å². The number of para-hydroxylation sites is 1. The van der Waals surface area contributed by atoms with Crippen molar-refractivity contribution in [1.82, 2.24) is 14.8 Å². The smallest absolute Gasteiger partial charge is 0.397 e. The molecule has 0 aliphatic carbocycles. The summed E-state index contributed by atoms with van der Waals surface area (Å²) in [5.41, 5.74) is 0.343. The molecular weight excluding hydrogens is 375 g/mol. The average Bonchev–Trinajstić information content (AvgIpc) is 2.68. The standard InChI is InChI=1S/C19H18F3N3O3/c20-19(21,22)12-17(26)24-8-10-25(11-9-24)18(27)14-6-7-16(23-13-14)28-15-4-2-1-3-5-15/h1-7,13H,8-12H2. The second kappa shape index (κ2) is 8.28. The van der Waals surface area contributed by atoms with Gasteiger partial charge in [-0.2, -0.15) is 13.2 Å². The first kappa shape index (κ1) is 19.7. The van der Waals surface area contributed by atoms with E-state index in [9.17, 15) is 22.8 Å². The van der Waals surface area contributed by atoms with E-state index in [4.69, 9.17) is 4.74 Å². The van der Waals surface area contributed by atoms with E-state index in [0.29, 0.717) is 17.2 Å². The number of piperazine rings is 1. The number of hydrogen-bond donors (Lipinski definition) is 0. The number of ether oxygens (including phenoxy) is 1. The maximum atomic E-state index is 12.5. The van der Waals surface area contributed by atoms with Gasteiger partial charge in [0.25, 0.3) is 5.91 Å². The van der Waals surface area contributed by atoms with Crippen LogP contribution in [-0.4, -0.2) is 59.0 Å². The van der Waals surface area contributed by atoms with E-state index >= 15 is 0 Å². The molecule has 148 valence electrons. The molecule has 0 radical (unpaired) electrons. The molecule has 3 rings (SSSR count). The molecule has 0 N–H and O–H groups in total. The van der Waals surface area contributed by atoms with Crippen molar-refractivity contribution in [2.75, 3.05) is 26.2 Å². The maximum absolute atomic E-state index is 12.5.